The first-order chi connectivity index (χ1) is 10.5. The highest BCUT2D eigenvalue weighted by molar-refractivity contribution is 7.98. The van der Waals surface area contributed by atoms with Gasteiger partial charge in [0.15, 0.2) is 5.16 Å². The lowest BCUT2D eigenvalue weighted by Crippen LogP contribution is -2.25. The van der Waals surface area contributed by atoms with Crippen LogP contribution in [0.3, 0.4) is 0 Å². The number of benzene rings is 1. The summed E-state index contributed by atoms with van der Waals surface area (Å²) >= 11 is 1.14. The maximum Gasteiger partial charge on any atom is 0.325 e. The lowest BCUT2D eigenvalue weighted by molar-refractivity contribution is -0.138. The smallest absolute Gasteiger partial charge is 0.325 e. The number of thioether (sulfide) groups is 1. The SMILES string of the molecule is CCc1nn(CC(=O)O)c(SCc2cccc(F)c2)nc1=O. The van der Waals surface area contributed by atoms with Crippen molar-refractivity contribution < 1.29 is 14.3 Å². The molecule has 1 N–H and O–H groups in total. The standard InChI is InChI=1S/C14H14FN3O3S/c1-2-11-13(21)16-14(18(17-11)7-12(19)20)22-8-9-4-3-5-10(15)6-9/h3-6H,2,7-8H2,1H3,(H,19,20). The lowest BCUT2D eigenvalue weighted by atomic mass is 10.2. The molecule has 2 rings (SSSR count). The first-order valence-corrected chi connectivity index (χ1v) is 7.55. The summed E-state index contributed by atoms with van der Waals surface area (Å²) in [6, 6.07) is 6.04. The molecule has 0 amide bonds. The van der Waals surface area contributed by atoms with Gasteiger partial charge in [0.05, 0.1) is 0 Å². The van der Waals surface area contributed by atoms with Crippen LogP contribution in [0.25, 0.3) is 0 Å². The van der Waals surface area contributed by atoms with Gasteiger partial charge in [0.2, 0.25) is 0 Å². The average molecular weight is 323 g/mol. The van der Waals surface area contributed by atoms with Crippen molar-refractivity contribution in [2.75, 3.05) is 0 Å². The van der Waals surface area contributed by atoms with Crippen LogP contribution >= 0.6 is 11.8 Å². The van der Waals surface area contributed by atoms with Crippen LogP contribution in [0.15, 0.2) is 34.2 Å². The number of nitrogens with zero attached hydrogens (tertiary/aromatic N) is 3. The van der Waals surface area contributed by atoms with Crippen molar-refractivity contribution in [3.05, 3.63) is 51.7 Å². The van der Waals surface area contributed by atoms with Gasteiger partial charge in [-0.3, -0.25) is 9.59 Å². The largest absolute Gasteiger partial charge is 0.480 e. The Morgan fingerprint density at radius 2 is 2.23 bits per heavy atom. The van der Waals surface area contributed by atoms with Gasteiger partial charge < -0.3 is 5.11 Å². The summed E-state index contributed by atoms with van der Waals surface area (Å²) in [7, 11) is 0. The molecular weight excluding hydrogens is 309 g/mol. The van der Waals surface area contributed by atoms with E-state index in [-0.39, 0.29) is 23.2 Å². The summed E-state index contributed by atoms with van der Waals surface area (Å²) in [5.41, 5.74) is 0.461. The molecule has 2 aromatic rings. The number of hydrogen-bond acceptors (Lipinski definition) is 5. The van der Waals surface area contributed by atoms with E-state index in [1.807, 2.05) is 0 Å². The van der Waals surface area contributed by atoms with Crippen molar-refractivity contribution >= 4 is 17.7 Å². The molecule has 22 heavy (non-hydrogen) atoms. The highest BCUT2D eigenvalue weighted by Gasteiger charge is 2.12. The number of hydrogen-bond donors (Lipinski definition) is 1. The normalized spacial score (nSPS) is 10.6. The van der Waals surface area contributed by atoms with Crippen LogP contribution in [0.1, 0.15) is 18.2 Å². The van der Waals surface area contributed by atoms with Crippen LogP contribution in [0.4, 0.5) is 4.39 Å². The van der Waals surface area contributed by atoms with Crippen molar-refractivity contribution in [1.29, 1.82) is 0 Å². The zero-order chi connectivity index (χ0) is 16.1. The van der Waals surface area contributed by atoms with Gasteiger partial charge in [-0.1, -0.05) is 30.8 Å². The second kappa shape index (κ2) is 7.17. The van der Waals surface area contributed by atoms with E-state index in [2.05, 4.69) is 10.1 Å². The summed E-state index contributed by atoms with van der Waals surface area (Å²) in [6.45, 7) is 1.36. The molecule has 0 atom stereocenters. The lowest BCUT2D eigenvalue weighted by Gasteiger charge is -2.10. The molecule has 1 aromatic heterocycles. The van der Waals surface area contributed by atoms with Crippen molar-refractivity contribution in [1.82, 2.24) is 14.8 Å². The molecule has 0 aliphatic carbocycles. The van der Waals surface area contributed by atoms with Crippen molar-refractivity contribution in [3.63, 3.8) is 0 Å². The highest BCUT2D eigenvalue weighted by atomic mass is 32.2. The molecule has 0 aliphatic heterocycles. The van der Waals surface area contributed by atoms with Gasteiger partial charge >= 0.3 is 5.97 Å². The van der Waals surface area contributed by atoms with Crippen LogP contribution in [0, 0.1) is 5.82 Å². The maximum atomic E-state index is 13.1. The Bertz CT molecular complexity index is 748. The molecule has 0 radical (unpaired) electrons. The van der Waals surface area contributed by atoms with Crippen LogP contribution < -0.4 is 5.56 Å². The number of aliphatic carboxylic acids is 1. The molecule has 8 heteroatoms. The number of carboxylic acid groups (broad SMARTS) is 1. The van der Waals surface area contributed by atoms with E-state index < -0.39 is 11.5 Å². The maximum absolute atomic E-state index is 13.1. The van der Waals surface area contributed by atoms with Crippen molar-refractivity contribution in [2.24, 2.45) is 0 Å². The molecule has 116 valence electrons. The Morgan fingerprint density at radius 1 is 1.45 bits per heavy atom. The molecule has 1 aromatic carbocycles. The number of rotatable bonds is 6. The van der Waals surface area contributed by atoms with E-state index in [1.165, 1.54) is 16.8 Å². The summed E-state index contributed by atoms with van der Waals surface area (Å²) in [6.07, 6.45) is 0.375. The average Bonchev–Trinajstić information content (AvgIpc) is 2.46. The Hall–Kier alpha value is -2.22. The third-order valence-corrected chi connectivity index (χ3v) is 3.82. The fourth-order valence-corrected chi connectivity index (χ4v) is 2.65. The molecule has 0 saturated carbocycles. The molecule has 6 nitrogen and oxygen atoms in total. The van der Waals surface area contributed by atoms with E-state index in [1.54, 1.807) is 19.1 Å². The molecular formula is C14H14FN3O3S. The second-order valence-corrected chi connectivity index (χ2v) is 5.41. The Kier molecular flexibility index (Phi) is 5.26. The van der Waals surface area contributed by atoms with E-state index in [0.29, 0.717) is 17.7 Å². The number of aryl methyl sites for hydroxylation is 1. The van der Waals surface area contributed by atoms with Crippen LogP contribution in [0.2, 0.25) is 0 Å². The predicted molar refractivity (Wildman–Crippen MR) is 79.3 cm³/mol. The molecule has 0 aliphatic rings. The van der Waals surface area contributed by atoms with Crippen LogP contribution in [-0.2, 0) is 23.5 Å². The second-order valence-electron chi connectivity index (χ2n) is 4.47. The summed E-state index contributed by atoms with van der Waals surface area (Å²) in [5, 5.41) is 13.1. The minimum Gasteiger partial charge on any atom is -0.480 e. The molecule has 0 unspecified atom stereocenters. The minimum absolute atomic E-state index is 0.203. The first-order valence-electron chi connectivity index (χ1n) is 6.56. The van der Waals surface area contributed by atoms with Crippen LogP contribution in [0.5, 0.6) is 0 Å². The quantitative estimate of drug-likeness (QED) is 0.815. The Morgan fingerprint density at radius 3 is 2.86 bits per heavy atom. The zero-order valence-electron chi connectivity index (χ0n) is 11.8. The van der Waals surface area contributed by atoms with Crippen LogP contribution in [-0.4, -0.2) is 25.8 Å². The fourth-order valence-electron chi connectivity index (χ4n) is 1.77. The van der Waals surface area contributed by atoms with Crippen molar-refractivity contribution in [3.8, 4) is 0 Å². The van der Waals surface area contributed by atoms with E-state index in [0.717, 1.165) is 11.8 Å². The number of carboxylic acids is 1. The number of carbonyl (C=O) groups is 1. The Balaban J connectivity index is 2.26. The predicted octanol–water partition coefficient (Wildman–Crippen LogP) is 1.72. The van der Waals surface area contributed by atoms with E-state index in [9.17, 15) is 14.0 Å². The Labute approximate surface area is 130 Å². The number of aromatic nitrogens is 3. The molecule has 0 bridgehead atoms. The van der Waals surface area contributed by atoms with Gasteiger partial charge in [0.1, 0.15) is 18.1 Å². The van der Waals surface area contributed by atoms with Gasteiger partial charge in [-0.15, -0.1) is 0 Å². The number of halogens is 1. The molecule has 0 saturated heterocycles. The summed E-state index contributed by atoms with van der Waals surface area (Å²) < 4.78 is 14.3. The topological polar surface area (TPSA) is 85.1 Å². The molecule has 0 spiro atoms. The van der Waals surface area contributed by atoms with Gasteiger partial charge in [-0.25, -0.2) is 9.07 Å². The van der Waals surface area contributed by atoms with E-state index >= 15 is 0 Å². The molecule has 1 heterocycles. The molecule has 0 fully saturated rings. The van der Waals surface area contributed by atoms with Crippen molar-refractivity contribution in [2.45, 2.75) is 30.8 Å². The minimum atomic E-state index is -1.08. The van der Waals surface area contributed by atoms with Gasteiger partial charge in [0, 0.05) is 5.75 Å². The van der Waals surface area contributed by atoms with Gasteiger partial charge in [-0.05, 0) is 24.1 Å². The van der Waals surface area contributed by atoms with Gasteiger partial charge in [-0.2, -0.15) is 10.1 Å². The third kappa shape index (κ3) is 4.14. The monoisotopic (exact) mass is 323 g/mol. The van der Waals surface area contributed by atoms with Gasteiger partial charge in [0.25, 0.3) is 5.56 Å². The van der Waals surface area contributed by atoms with E-state index in [4.69, 9.17) is 5.11 Å². The zero-order valence-corrected chi connectivity index (χ0v) is 12.6. The third-order valence-electron chi connectivity index (χ3n) is 2.78. The first kappa shape index (κ1) is 16.2. The highest BCUT2D eigenvalue weighted by Crippen LogP contribution is 2.20. The summed E-state index contributed by atoms with van der Waals surface area (Å²) in [5.74, 6) is -1.07. The summed E-state index contributed by atoms with van der Waals surface area (Å²) in [4.78, 5) is 26.6. The fraction of sp³-hybridized carbons (Fsp3) is 0.286.